The molecule has 3 rings (SSSR count). The summed E-state index contributed by atoms with van der Waals surface area (Å²) in [5, 5.41) is 9.28. The van der Waals surface area contributed by atoms with Crippen LogP contribution in [0.4, 0.5) is 0 Å². The highest BCUT2D eigenvalue weighted by molar-refractivity contribution is 7.89. The zero-order valence-electron chi connectivity index (χ0n) is 12.8. The summed E-state index contributed by atoms with van der Waals surface area (Å²) < 4.78 is 32.2. The second kappa shape index (κ2) is 6.40. The zero-order valence-corrected chi connectivity index (χ0v) is 14.4. The van der Waals surface area contributed by atoms with Gasteiger partial charge in [-0.3, -0.25) is 0 Å². The van der Waals surface area contributed by atoms with E-state index in [-0.39, 0.29) is 24.1 Å². The number of hydrogen-bond donors (Lipinski definition) is 0. The maximum absolute atomic E-state index is 12.6. The van der Waals surface area contributed by atoms with Crippen LogP contribution in [0.15, 0.2) is 41.4 Å². The molecular weight excluding hydrogens is 350 g/mol. The summed E-state index contributed by atoms with van der Waals surface area (Å²) in [5.74, 6) is 0.315. The number of sulfonamides is 1. The molecule has 0 radical (unpaired) electrons. The second-order valence-corrected chi connectivity index (χ2v) is 7.73. The first-order valence-electron chi connectivity index (χ1n) is 7.20. The quantitative estimate of drug-likeness (QED) is 0.832. The molecule has 1 aliphatic heterocycles. The fourth-order valence-electron chi connectivity index (χ4n) is 2.39. The first-order valence-corrected chi connectivity index (χ1v) is 9.01. The molecule has 0 amide bonds. The van der Waals surface area contributed by atoms with Crippen molar-refractivity contribution in [3.8, 4) is 11.9 Å². The van der Waals surface area contributed by atoms with Gasteiger partial charge in [-0.1, -0.05) is 17.7 Å². The summed E-state index contributed by atoms with van der Waals surface area (Å²) in [6, 6.07) is 9.93. The molecule has 0 spiro atoms. The van der Waals surface area contributed by atoms with E-state index in [2.05, 4.69) is 4.98 Å². The molecule has 8 heteroatoms. The molecule has 0 atom stereocenters. The van der Waals surface area contributed by atoms with Crippen molar-refractivity contribution in [3.63, 3.8) is 0 Å². The lowest BCUT2D eigenvalue weighted by molar-refractivity contribution is 0.0720. The average Bonchev–Trinajstić information content (AvgIpc) is 2.53. The Morgan fingerprint density at radius 2 is 2.12 bits per heavy atom. The Morgan fingerprint density at radius 1 is 1.38 bits per heavy atom. The van der Waals surface area contributed by atoms with Crippen molar-refractivity contribution in [3.05, 3.63) is 52.7 Å². The van der Waals surface area contributed by atoms with Gasteiger partial charge in [0.2, 0.25) is 15.9 Å². The lowest BCUT2D eigenvalue weighted by Gasteiger charge is -2.37. The van der Waals surface area contributed by atoms with E-state index < -0.39 is 10.0 Å². The number of nitrogens with zero attached hydrogens (tertiary/aromatic N) is 3. The van der Waals surface area contributed by atoms with Crippen molar-refractivity contribution >= 4 is 21.6 Å². The van der Waals surface area contributed by atoms with E-state index >= 15 is 0 Å². The summed E-state index contributed by atoms with van der Waals surface area (Å²) in [7, 11) is -3.60. The maximum Gasteiger partial charge on any atom is 0.243 e. The number of pyridine rings is 1. The van der Waals surface area contributed by atoms with Crippen LogP contribution in [-0.2, 0) is 10.0 Å². The molecule has 0 saturated carbocycles. The van der Waals surface area contributed by atoms with Crippen LogP contribution in [0.3, 0.4) is 0 Å². The first-order chi connectivity index (χ1) is 11.4. The summed E-state index contributed by atoms with van der Waals surface area (Å²) in [4.78, 5) is 4.23. The van der Waals surface area contributed by atoms with Crippen LogP contribution < -0.4 is 4.74 Å². The van der Waals surface area contributed by atoms with Crippen LogP contribution >= 0.6 is 11.6 Å². The Labute approximate surface area is 145 Å². The van der Waals surface area contributed by atoms with Gasteiger partial charge in [0.1, 0.15) is 6.10 Å². The SMILES string of the molecule is Cc1c(Cl)cccc1S(=O)(=O)N1CC(Oc2cc(C#N)ccn2)C1. The van der Waals surface area contributed by atoms with E-state index in [1.807, 2.05) is 6.07 Å². The van der Waals surface area contributed by atoms with Gasteiger partial charge in [0.15, 0.2) is 0 Å². The minimum Gasteiger partial charge on any atom is -0.471 e. The second-order valence-electron chi connectivity index (χ2n) is 5.42. The van der Waals surface area contributed by atoms with Crippen molar-refractivity contribution in [2.75, 3.05) is 13.1 Å². The predicted octanol–water partition coefficient (Wildman–Crippen LogP) is 2.37. The molecule has 0 N–H and O–H groups in total. The molecule has 6 nitrogen and oxygen atoms in total. The minimum absolute atomic E-state index is 0.207. The number of rotatable bonds is 4. The van der Waals surface area contributed by atoms with Crippen molar-refractivity contribution in [2.24, 2.45) is 0 Å². The van der Waals surface area contributed by atoms with E-state index in [4.69, 9.17) is 21.6 Å². The average molecular weight is 364 g/mol. The number of ether oxygens (including phenoxy) is 1. The fraction of sp³-hybridized carbons (Fsp3) is 0.250. The minimum atomic E-state index is -3.60. The van der Waals surface area contributed by atoms with Crippen molar-refractivity contribution < 1.29 is 13.2 Å². The molecule has 1 aromatic carbocycles. The summed E-state index contributed by atoms with van der Waals surface area (Å²) in [6.45, 7) is 2.14. The van der Waals surface area contributed by atoms with Gasteiger partial charge in [-0.2, -0.15) is 9.57 Å². The van der Waals surface area contributed by atoms with E-state index in [0.717, 1.165) is 0 Å². The molecule has 1 fully saturated rings. The Morgan fingerprint density at radius 3 is 2.83 bits per heavy atom. The zero-order chi connectivity index (χ0) is 17.3. The highest BCUT2D eigenvalue weighted by Crippen LogP contribution is 2.29. The highest BCUT2D eigenvalue weighted by Gasteiger charge is 2.39. The highest BCUT2D eigenvalue weighted by atomic mass is 35.5. The van der Waals surface area contributed by atoms with Crippen molar-refractivity contribution in [1.29, 1.82) is 5.26 Å². The van der Waals surface area contributed by atoms with E-state index in [9.17, 15) is 8.42 Å². The molecule has 24 heavy (non-hydrogen) atoms. The van der Waals surface area contributed by atoms with Gasteiger partial charge in [0.25, 0.3) is 0 Å². The lowest BCUT2D eigenvalue weighted by atomic mass is 10.2. The smallest absolute Gasteiger partial charge is 0.243 e. The largest absolute Gasteiger partial charge is 0.471 e. The molecule has 0 unspecified atom stereocenters. The number of hydrogen-bond acceptors (Lipinski definition) is 5. The molecule has 1 saturated heterocycles. The van der Waals surface area contributed by atoms with Gasteiger partial charge in [-0.25, -0.2) is 13.4 Å². The molecule has 1 aromatic heterocycles. The van der Waals surface area contributed by atoms with Gasteiger partial charge in [-0.15, -0.1) is 0 Å². The van der Waals surface area contributed by atoms with Crippen LogP contribution in [0.5, 0.6) is 5.88 Å². The van der Waals surface area contributed by atoms with E-state index in [1.165, 1.54) is 16.6 Å². The molecule has 0 aliphatic carbocycles. The van der Waals surface area contributed by atoms with Gasteiger partial charge in [0.05, 0.1) is 29.6 Å². The monoisotopic (exact) mass is 363 g/mol. The molecule has 1 aliphatic rings. The first kappa shape index (κ1) is 16.7. The van der Waals surface area contributed by atoms with E-state index in [1.54, 1.807) is 31.2 Å². The molecular formula is C16H14ClN3O3S. The van der Waals surface area contributed by atoms with Crippen LogP contribution in [0.25, 0.3) is 0 Å². The summed E-state index contributed by atoms with van der Waals surface area (Å²) in [5.41, 5.74) is 0.977. The van der Waals surface area contributed by atoms with Crippen LogP contribution in [0, 0.1) is 18.3 Å². The van der Waals surface area contributed by atoms with Gasteiger partial charge < -0.3 is 4.74 Å². The van der Waals surface area contributed by atoms with Crippen molar-refractivity contribution in [1.82, 2.24) is 9.29 Å². The topological polar surface area (TPSA) is 83.3 Å². The van der Waals surface area contributed by atoms with E-state index in [0.29, 0.717) is 22.0 Å². The molecule has 124 valence electrons. The number of halogens is 1. The molecule has 0 bridgehead atoms. The summed E-state index contributed by atoms with van der Waals surface area (Å²) in [6.07, 6.45) is 1.19. The third-order valence-corrected chi connectivity index (χ3v) is 6.19. The lowest BCUT2D eigenvalue weighted by Crippen LogP contribution is -2.56. The van der Waals surface area contributed by atoms with Crippen molar-refractivity contribution in [2.45, 2.75) is 17.9 Å². The number of aromatic nitrogens is 1. The third kappa shape index (κ3) is 3.08. The van der Waals surface area contributed by atoms with Crippen LogP contribution in [0.2, 0.25) is 5.02 Å². The molecule has 2 heterocycles. The Balaban J connectivity index is 1.69. The van der Waals surface area contributed by atoms with Gasteiger partial charge in [0, 0.05) is 17.3 Å². The predicted molar refractivity (Wildman–Crippen MR) is 88.3 cm³/mol. The van der Waals surface area contributed by atoms with Crippen LogP contribution in [-0.4, -0.2) is 36.9 Å². The molecule has 2 aromatic rings. The summed E-state index contributed by atoms with van der Waals surface area (Å²) >= 11 is 6.01. The number of nitriles is 1. The number of benzene rings is 1. The Hall–Kier alpha value is -2.14. The van der Waals surface area contributed by atoms with Crippen LogP contribution in [0.1, 0.15) is 11.1 Å². The Kier molecular flexibility index (Phi) is 4.45. The van der Waals surface area contributed by atoms with Gasteiger partial charge >= 0.3 is 0 Å². The third-order valence-electron chi connectivity index (χ3n) is 3.80. The Bertz CT molecular complexity index is 918. The normalized spacial score (nSPS) is 15.5. The standard InChI is InChI=1S/C16H14ClN3O3S/c1-11-14(17)3-2-4-15(11)24(21,22)20-9-13(10-20)23-16-7-12(8-18)5-6-19-16/h2-7,13H,9-10H2,1H3. The van der Waals surface area contributed by atoms with Gasteiger partial charge in [-0.05, 0) is 30.7 Å². The fourth-order valence-corrected chi connectivity index (χ4v) is 4.37. The maximum atomic E-state index is 12.6.